The van der Waals surface area contributed by atoms with Gasteiger partial charge >= 0.3 is 0 Å². The first-order valence-corrected chi connectivity index (χ1v) is 7.11. The molecule has 1 aliphatic carbocycles. The highest BCUT2D eigenvalue weighted by Crippen LogP contribution is 2.18. The summed E-state index contributed by atoms with van der Waals surface area (Å²) in [6.07, 6.45) is 2.62. The van der Waals surface area contributed by atoms with Crippen molar-refractivity contribution < 1.29 is 13.2 Å². The summed E-state index contributed by atoms with van der Waals surface area (Å²) in [6, 6.07) is 0.269. The third-order valence-corrected chi connectivity index (χ3v) is 4.66. The molecule has 3 N–H and O–H groups in total. The summed E-state index contributed by atoms with van der Waals surface area (Å²) in [6.45, 7) is 1.05. The van der Waals surface area contributed by atoms with Crippen LogP contribution in [-0.2, 0) is 14.8 Å². The smallest absolute Gasteiger partial charge is 0.235 e. The first kappa shape index (κ1) is 11.8. The third-order valence-electron chi connectivity index (χ3n) is 2.83. The average Bonchev–Trinajstić information content (AvgIpc) is 2.86. The molecule has 0 spiro atoms. The van der Waals surface area contributed by atoms with Crippen LogP contribution in [0.25, 0.3) is 0 Å². The van der Waals surface area contributed by atoms with Gasteiger partial charge < -0.3 is 10.6 Å². The van der Waals surface area contributed by atoms with E-state index in [4.69, 9.17) is 0 Å². The first-order valence-electron chi connectivity index (χ1n) is 5.56. The lowest BCUT2D eigenvalue weighted by Gasteiger charge is -2.11. The van der Waals surface area contributed by atoms with Crippen molar-refractivity contribution in [3.05, 3.63) is 0 Å². The van der Waals surface area contributed by atoms with Crippen LogP contribution in [0.1, 0.15) is 19.3 Å². The minimum atomic E-state index is -3.34. The number of amides is 1. The molecule has 2 fully saturated rings. The Morgan fingerprint density at radius 3 is 2.62 bits per heavy atom. The summed E-state index contributed by atoms with van der Waals surface area (Å²) in [5.74, 6) is -0.239. The molecule has 0 aromatic carbocycles. The first-order chi connectivity index (χ1) is 7.58. The molecule has 1 saturated heterocycles. The van der Waals surface area contributed by atoms with Crippen molar-refractivity contribution in [3.8, 4) is 0 Å². The van der Waals surface area contributed by atoms with E-state index < -0.39 is 15.3 Å². The minimum Gasteiger partial charge on any atom is -0.352 e. The molecule has 92 valence electrons. The number of nitrogens with one attached hydrogen (secondary N) is 3. The molecule has 0 bridgehead atoms. The van der Waals surface area contributed by atoms with Gasteiger partial charge in [-0.1, -0.05) is 0 Å². The molecule has 0 radical (unpaired) electrons. The highest BCUT2D eigenvalue weighted by molar-refractivity contribution is 7.90. The molecule has 0 aromatic rings. The van der Waals surface area contributed by atoms with Crippen molar-refractivity contribution in [2.75, 3.05) is 19.6 Å². The lowest BCUT2D eigenvalue weighted by molar-refractivity contribution is -0.120. The van der Waals surface area contributed by atoms with Gasteiger partial charge in [-0.05, 0) is 25.8 Å². The molecule has 6 nitrogen and oxygen atoms in total. The molecule has 1 saturated carbocycles. The maximum Gasteiger partial charge on any atom is 0.235 e. The molecule has 7 heteroatoms. The Labute approximate surface area is 95.2 Å². The Bertz CT molecular complexity index is 358. The zero-order valence-corrected chi connectivity index (χ0v) is 9.85. The van der Waals surface area contributed by atoms with Crippen molar-refractivity contribution >= 4 is 15.9 Å². The van der Waals surface area contributed by atoms with Gasteiger partial charge in [-0.2, -0.15) is 0 Å². The summed E-state index contributed by atoms with van der Waals surface area (Å²) < 4.78 is 25.8. The highest BCUT2D eigenvalue weighted by atomic mass is 32.2. The second kappa shape index (κ2) is 4.68. The summed E-state index contributed by atoms with van der Waals surface area (Å²) in [7, 11) is -3.34. The maximum absolute atomic E-state index is 11.7. The SMILES string of the molecule is O=C(CNS(=O)(=O)C1CCNC1)NC1CC1. The molecular formula is C9H17N3O3S. The van der Waals surface area contributed by atoms with Crippen LogP contribution in [0.15, 0.2) is 0 Å². The van der Waals surface area contributed by atoms with Crippen molar-refractivity contribution in [1.82, 2.24) is 15.4 Å². The Balaban J connectivity index is 1.76. The zero-order chi connectivity index (χ0) is 11.6. The fraction of sp³-hybridized carbons (Fsp3) is 0.889. The van der Waals surface area contributed by atoms with Gasteiger partial charge in [0.15, 0.2) is 0 Å². The topological polar surface area (TPSA) is 87.3 Å². The monoisotopic (exact) mass is 247 g/mol. The summed E-state index contributed by atoms with van der Waals surface area (Å²) in [5.41, 5.74) is 0. The van der Waals surface area contributed by atoms with Gasteiger partial charge in [0.05, 0.1) is 11.8 Å². The molecule has 1 aliphatic heterocycles. The van der Waals surface area contributed by atoms with Crippen LogP contribution in [0.4, 0.5) is 0 Å². The van der Waals surface area contributed by atoms with E-state index in [1.165, 1.54) is 0 Å². The molecule has 2 aliphatic rings. The van der Waals surface area contributed by atoms with Crippen molar-refractivity contribution in [2.24, 2.45) is 0 Å². The Kier molecular flexibility index (Phi) is 3.46. The van der Waals surface area contributed by atoms with Crippen LogP contribution >= 0.6 is 0 Å². The van der Waals surface area contributed by atoms with E-state index in [-0.39, 0.29) is 18.5 Å². The minimum absolute atomic E-state index is 0.144. The predicted octanol–water partition coefficient (Wildman–Crippen LogP) is -1.45. The average molecular weight is 247 g/mol. The lowest BCUT2D eigenvalue weighted by Crippen LogP contribution is -2.42. The van der Waals surface area contributed by atoms with Gasteiger partial charge in [0.1, 0.15) is 0 Å². The van der Waals surface area contributed by atoms with Crippen LogP contribution in [0.5, 0.6) is 0 Å². The Morgan fingerprint density at radius 1 is 1.31 bits per heavy atom. The zero-order valence-electron chi connectivity index (χ0n) is 9.03. The van der Waals surface area contributed by atoms with E-state index in [2.05, 4.69) is 15.4 Å². The second-order valence-corrected chi connectivity index (χ2v) is 6.37. The van der Waals surface area contributed by atoms with Gasteiger partial charge in [0.2, 0.25) is 15.9 Å². The van der Waals surface area contributed by atoms with Crippen LogP contribution in [0, 0.1) is 0 Å². The Hall–Kier alpha value is -0.660. The number of carbonyl (C=O) groups excluding carboxylic acids is 1. The van der Waals surface area contributed by atoms with Crippen LogP contribution < -0.4 is 15.4 Å². The standard InChI is InChI=1S/C9H17N3O3S/c13-9(12-7-1-2-7)6-11-16(14,15)8-3-4-10-5-8/h7-8,10-11H,1-6H2,(H,12,13). The van der Waals surface area contributed by atoms with E-state index in [0.717, 1.165) is 19.4 Å². The highest BCUT2D eigenvalue weighted by Gasteiger charge is 2.29. The van der Waals surface area contributed by atoms with Crippen LogP contribution in [0.2, 0.25) is 0 Å². The molecule has 2 rings (SSSR count). The molecule has 0 aromatic heterocycles. The molecule has 1 unspecified atom stereocenters. The molecule has 16 heavy (non-hydrogen) atoms. The van der Waals surface area contributed by atoms with E-state index in [1.54, 1.807) is 0 Å². The van der Waals surface area contributed by atoms with E-state index in [9.17, 15) is 13.2 Å². The van der Waals surface area contributed by atoms with Crippen LogP contribution in [-0.4, -0.2) is 45.3 Å². The second-order valence-electron chi connectivity index (χ2n) is 4.32. The molecular weight excluding hydrogens is 230 g/mol. The van der Waals surface area contributed by atoms with E-state index >= 15 is 0 Å². The number of sulfonamides is 1. The van der Waals surface area contributed by atoms with Crippen molar-refractivity contribution in [2.45, 2.75) is 30.6 Å². The number of carbonyl (C=O) groups is 1. The van der Waals surface area contributed by atoms with Gasteiger partial charge in [-0.3, -0.25) is 4.79 Å². The number of hydrogen-bond acceptors (Lipinski definition) is 4. The van der Waals surface area contributed by atoms with Crippen molar-refractivity contribution in [3.63, 3.8) is 0 Å². The fourth-order valence-corrected chi connectivity index (χ4v) is 3.02. The third kappa shape index (κ3) is 3.16. The summed E-state index contributed by atoms with van der Waals surface area (Å²) in [4.78, 5) is 11.3. The van der Waals surface area contributed by atoms with Crippen molar-refractivity contribution in [1.29, 1.82) is 0 Å². The van der Waals surface area contributed by atoms with Gasteiger partial charge in [0.25, 0.3) is 0 Å². The van der Waals surface area contributed by atoms with E-state index in [1.807, 2.05) is 0 Å². The largest absolute Gasteiger partial charge is 0.352 e. The van der Waals surface area contributed by atoms with Gasteiger partial charge in [-0.25, -0.2) is 13.1 Å². The maximum atomic E-state index is 11.7. The number of hydrogen-bond donors (Lipinski definition) is 3. The number of rotatable bonds is 5. The lowest BCUT2D eigenvalue weighted by atomic mass is 10.4. The molecule has 1 atom stereocenters. The van der Waals surface area contributed by atoms with Crippen LogP contribution in [0.3, 0.4) is 0 Å². The fourth-order valence-electron chi connectivity index (χ4n) is 1.68. The van der Waals surface area contributed by atoms with Gasteiger partial charge in [0, 0.05) is 12.6 Å². The molecule has 1 heterocycles. The quantitative estimate of drug-likeness (QED) is 0.554. The predicted molar refractivity (Wildman–Crippen MR) is 59.4 cm³/mol. The molecule has 1 amide bonds. The van der Waals surface area contributed by atoms with E-state index in [0.29, 0.717) is 13.0 Å². The summed E-state index contributed by atoms with van der Waals surface area (Å²) in [5, 5.41) is 5.32. The Morgan fingerprint density at radius 2 is 2.06 bits per heavy atom. The van der Waals surface area contributed by atoms with Gasteiger partial charge in [-0.15, -0.1) is 0 Å². The normalized spacial score (nSPS) is 25.6. The summed E-state index contributed by atoms with van der Waals surface area (Å²) >= 11 is 0.